The van der Waals surface area contributed by atoms with Crippen LogP contribution in [0.4, 0.5) is 4.79 Å². The zero-order valence-electron chi connectivity index (χ0n) is 19.6. The van der Waals surface area contributed by atoms with Gasteiger partial charge < -0.3 is 4.74 Å². The monoisotopic (exact) mass is 461 g/mol. The van der Waals surface area contributed by atoms with Gasteiger partial charge in [0.25, 0.3) is 0 Å². The summed E-state index contributed by atoms with van der Waals surface area (Å²) in [5, 5.41) is 0. The zero-order valence-corrected chi connectivity index (χ0v) is 19.6. The first-order chi connectivity index (χ1) is 17.2. The standard InChI is InChI=1S/C31H27NO3/c1-2-27(23-15-7-3-8-16-23)29(33)32-28(24-17-9-4-10-18-24)31(35-30(32)34,25-19-11-5-12-20-25)26-21-13-6-14-22-26/h3-22,27-28H,2H2,1H3/t27-,28+/m0/s1. The van der Waals surface area contributed by atoms with E-state index >= 15 is 0 Å². The average molecular weight is 462 g/mol. The van der Waals surface area contributed by atoms with Crippen LogP contribution in [0.1, 0.15) is 47.6 Å². The molecular formula is C31H27NO3. The van der Waals surface area contributed by atoms with Gasteiger partial charge in [0, 0.05) is 11.1 Å². The van der Waals surface area contributed by atoms with Crippen molar-refractivity contribution in [2.75, 3.05) is 0 Å². The molecule has 35 heavy (non-hydrogen) atoms. The third-order valence-corrected chi connectivity index (χ3v) is 6.75. The van der Waals surface area contributed by atoms with E-state index in [-0.39, 0.29) is 5.91 Å². The van der Waals surface area contributed by atoms with Crippen LogP contribution in [0, 0.1) is 0 Å². The van der Waals surface area contributed by atoms with Crippen molar-refractivity contribution in [3.8, 4) is 0 Å². The van der Waals surface area contributed by atoms with E-state index in [0.29, 0.717) is 6.42 Å². The first-order valence-electron chi connectivity index (χ1n) is 11.9. The van der Waals surface area contributed by atoms with Crippen LogP contribution in [0.2, 0.25) is 0 Å². The maximum atomic E-state index is 14.1. The molecule has 0 bridgehead atoms. The van der Waals surface area contributed by atoms with Gasteiger partial charge >= 0.3 is 6.09 Å². The van der Waals surface area contributed by atoms with Gasteiger partial charge in [0.1, 0.15) is 6.04 Å². The van der Waals surface area contributed by atoms with E-state index in [4.69, 9.17) is 4.74 Å². The Balaban J connectivity index is 1.73. The average Bonchev–Trinajstić information content (AvgIpc) is 3.25. The lowest BCUT2D eigenvalue weighted by Gasteiger charge is -2.36. The van der Waals surface area contributed by atoms with Gasteiger partial charge in [-0.25, -0.2) is 9.69 Å². The Morgan fingerprint density at radius 2 is 1.23 bits per heavy atom. The normalized spacial score (nSPS) is 17.6. The molecule has 0 aromatic heterocycles. The number of hydrogen-bond donors (Lipinski definition) is 0. The highest BCUT2D eigenvalue weighted by Gasteiger charge is 2.59. The van der Waals surface area contributed by atoms with E-state index in [2.05, 4.69) is 0 Å². The van der Waals surface area contributed by atoms with E-state index in [0.717, 1.165) is 22.3 Å². The second-order valence-corrected chi connectivity index (χ2v) is 8.73. The lowest BCUT2D eigenvalue weighted by atomic mass is 9.77. The molecule has 0 spiro atoms. The highest BCUT2D eigenvalue weighted by molar-refractivity contribution is 5.98. The Kier molecular flexibility index (Phi) is 6.19. The summed E-state index contributed by atoms with van der Waals surface area (Å²) >= 11 is 0. The fourth-order valence-corrected chi connectivity index (χ4v) is 5.14. The number of carbonyl (C=O) groups is 2. The molecule has 2 amide bonds. The van der Waals surface area contributed by atoms with Gasteiger partial charge in [-0.15, -0.1) is 0 Å². The molecule has 0 N–H and O–H groups in total. The number of hydrogen-bond acceptors (Lipinski definition) is 3. The lowest BCUT2D eigenvalue weighted by Crippen LogP contribution is -2.42. The van der Waals surface area contributed by atoms with Gasteiger partial charge in [0.2, 0.25) is 5.91 Å². The van der Waals surface area contributed by atoms with E-state index in [1.165, 1.54) is 4.90 Å². The van der Waals surface area contributed by atoms with E-state index in [1.807, 2.05) is 128 Å². The van der Waals surface area contributed by atoms with E-state index < -0.39 is 23.7 Å². The molecule has 0 radical (unpaired) electrons. The topological polar surface area (TPSA) is 46.6 Å². The molecule has 4 nitrogen and oxygen atoms in total. The predicted molar refractivity (Wildman–Crippen MR) is 136 cm³/mol. The highest BCUT2D eigenvalue weighted by atomic mass is 16.6. The number of nitrogens with zero attached hydrogens (tertiary/aromatic N) is 1. The lowest BCUT2D eigenvalue weighted by molar-refractivity contribution is -0.131. The van der Waals surface area contributed by atoms with Crippen LogP contribution < -0.4 is 0 Å². The molecule has 1 aliphatic heterocycles. The molecule has 1 saturated heterocycles. The quantitative estimate of drug-likeness (QED) is 0.316. The molecule has 4 aromatic carbocycles. The van der Waals surface area contributed by atoms with Gasteiger partial charge in [0.05, 0.1) is 5.92 Å². The maximum Gasteiger partial charge on any atom is 0.418 e. The molecule has 0 aliphatic carbocycles. The molecular weight excluding hydrogens is 434 g/mol. The summed E-state index contributed by atoms with van der Waals surface area (Å²) in [6.07, 6.45) is -0.0661. The molecule has 1 fully saturated rings. The minimum Gasteiger partial charge on any atom is -0.430 e. The van der Waals surface area contributed by atoms with Crippen molar-refractivity contribution >= 4 is 12.0 Å². The summed E-state index contributed by atoms with van der Waals surface area (Å²) in [6, 6.07) is 38.1. The second-order valence-electron chi connectivity index (χ2n) is 8.73. The number of cyclic esters (lactones) is 1. The number of imide groups is 1. The molecule has 0 saturated carbocycles. The van der Waals surface area contributed by atoms with Crippen LogP contribution in [0.15, 0.2) is 121 Å². The highest BCUT2D eigenvalue weighted by Crippen LogP contribution is 2.53. The Labute approximate surface area is 205 Å². The summed E-state index contributed by atoms with van der Waals surface area (Å²) in [4.78, 5) is 29.2. The van der Waals surface area contributed by atoms with E-state index in [9.17, 15) is 9.59 Å². The van der Waals surface area contributed by atoms with Gasteiger partial charge in [-0.2, -0.15) is 0 Å². The summed E-state index contributed by atoms with van der Waals surface area (Å²) in [5.41, 5.74) is 2.16. The third kappa shape index (κ3) is 3.91. The van der Waals surface area contributed by atoms with Crippen LogP contribution in [-0.4, -0.2) is 16.9 Å². The number of carbonyl (C=O) groups excluding carboxylic acids is 2. The molecule has 4 aromatic rings. The first kappa shape index (κ1) is 22.6. The summed E-state index contributed by atoms with van der Waals surface area (Å²) in [7, 11) is 0. The second kappa shape index (κ2) is 9.59. The summed E-state index contributed by atoms with van der Waals surface area (Å²) in [6.45, 7) is 1.97. The Morgan fingerprint density at radius 1 is 0.771 bits per heavy atom. The fourth-order valence-electron chi connectivity index (χ4n) is 5.14. The van der Waals surface area contributed by atoms with Crippen molar-refractivity contribution in [1.29, 1.82) is 0 Å². The minimum atomic E-state index is -1.19. The van der Waals surface area contributed by atoms with Crippen molar-refractivity contribution < 1.29 is 14.3 Å². The fraction of sp³-hybridized carbons (Fsp3) is 0.161. The van der Waals surface area contributed by atoms with Crippen LogP contribution in [-0.2, 0) is 15.1 Å². The van der Waals surface area contributed by atoms with Crippen molar-refractivity contribution in [2.45, 2.75) is 30.9 Å². The van der Waals surface area contributed by atoms with Crippen LogP contribution in [0.5, 0.6) is 0 Å². The van der Waals surface area contributed by atoms with Gasteiger partial charge in [0.15, 0.2) is 5.60 Å². The molecule has 174 valence electrons. The van der Waals surface area contributed by atoms with Gasteiger partial charge in [-0.1, -0.05) is 128 Å². The first-order valence-corrected chi connectivity index (χ1v) is 11.9. The third-order valence-electron chi connectivity index (χ3n) is 6.75. The SMILES string of the molecule is CC[C@H](C(=O)N1C(=O)OC(c2ccccc2)(c2ccccc2)[C@H]1c1ccccc1)c1ccccc1. The Bertz CT molecular complexity index is 1250. The number of benzene rings is 4. The zero-order chi connectivity index (χ0) is 24.3. The number of rotatable bonds is 6. The summed E-state index contributed by atoms with van der Waals surface area (Å²) < 4.78 is 6.32. The molecule has 4 heteroatoms. The van der Waals surface area contributed by atoms with Crippen LogP contribution in [0.3, 0.4) is 0 Å². The number of ether oxygens (including phenoxy) is 1. The Hall–Kier alpha value is -4.18. The molecule has 1 aliphatic rings. The van der Waals surface area contributed by atoms with Crippen molar-refractivity contribution in [2.24, 2.45) is 0 Å². The largest absolute Gasteiger partial charge is 0.430 e. The van der Waals surface area contributed by atoms with Gasteiger partial charge in [-0.3, -0.25) is 4.79 Å². The van der Waals surface area contributed by atoms with Crippen LogP contribution >= 0.6 is 0 Å². The van der Waals surface area contributed by atoms with Crippen molar-refractivity contribution in [1.82, 2.24) is 4.90 Å². The predicted octanol–water partition coefficient (Wildman–Crippen LogP) is 6.84. The molecule has 5 rings (SSSR count). The maximum absolute atomic E-state index is 14.1. The minimum absolute atomic E-state index is 0.258. The van der Waals surface area contributed by atoms with Crippen LogP contribution in [0.25, 0.3) is 0 Å². The van der Waals surface area contributed by atoms with Crippen molar-refractivity contribution in [3.05, 3.63) is 144 Å². The Morgan fingerprint density at radius 3 is 1.71 bits per heavy atom. The smallest absolute Gasteiger partial charge is 0.418 e. The molecule has 2 atom stereocenters. The van der Waals surface area contributed by atoms with Gasteiger partial charge in [-0.05, 0) is 17.5 Å². The van der Waals surface area contributed by atoms with E-state index in [1.54, 1.807) is 0 Å². The molecule has 1 heterocycles. The van der Waals surface area contributed by atoms with Crippen molar-refractivity contribution in [3.63, 3.8) is 0 Å². The molecule has 0 unspecified atom stereocenters. The number of amides is 2. The summed E-state index contributed by atoms with van der Waals surface area (Å²) in [5.74, 6) is -0.719.